The molecule has 0 aliphatic rings. The van der Waals surface area contributed by atoms with E-state index in [2.05, 4.69) is 10.1 Å². The van der Waals surface area contributed by atoms with Crippen molar-refractivity contribution in [1.82, 2.24) is 0 Å². The molecule has 1 amide bonds. The number of carbonyl (C=O) groups is 3. The number of halogens is 1. The van der Waals surface area contributed by atoms with Crippen molar-refractivity contribution in [2.75, 3.05) is 12.4 Å². The first-order valence-corrected chi connectivity index (χ1v) is 8.82. The standard InChI is InChI=1S/C21H20ClNO5/c1-13-17(22)5-4-6-18(13)23-20(25)14(2)28-19(24)12-9-15-7-10-16(11-8-15)21(26)27-3/h4-12,14H,1-3H3,(H,23,25)/b12-9+/t14-/m1/s1. The summed E-state index contributed by atoms with van der Waals surface area (Å²) in [5, 5.41) is 3.21. The van der Waals surface area contributed by atoms with Gasteiger partial charge in [-0.25, -0.2) is 9.59 Å². The Kier molecular flexibility index (Phi) is 7.35. The number of rotatable bonds is 6. The molecule has 2 aromatic carbocycles. The summed E-state index contributed by atoms with van der Waals surface area (Å²) >= 11 is 6.02. The average molecular weight is 402 g/mol. The summed E-state index contributed by atoms with van der Waals surface area (Å²) in [6.45, 7) is 3.26. The van der Waals surface area contributed by atoms with Crippen LogP contribution in [0.3, 0.4) is 0 Å². The molecular weight excluding hydrogens is 382 g/mol. The molecule has 2 rings (SSSR count). The fourth-order valence-electron chi connectivity index (χ4n) is 2.26. The summed E-state index contributed by atoms with van der Waals surface area (Å²) in [5.41, 5.74) is 2.38. The topological polar surface area (TPSA) is 81.7 Å². The average Bonchev–Trinajstić information content (AvgIpc) is 2.69. The minimum Gasteiger partial charge on any atom is -0.465 e. The highest BCUT2D eigenvalue weighted by molar-refractivity contribution is 6.31. The van der Waals surface area contributed by atoms with Crippen molar-refractivity contribution in [2.45, 2.75) is 20.0 Å². The lowest BCUT2D eigenvalue weighted by atomic mass is 10.1. The molecule has 0 aliphatic carbocycles. The number of benzene rings is 2. The van der Waals surface area contributed by atoms with Gasteiger partial charge in [0.2, 0.25) is 0 Å². The summed E-state index contributed by atoms with van der Waals surface area (Å²) < 4.78 is 9.73. The van der Waals surface area contributed by atoms with E-state index in [-0.39, 0.29) is 0 Å². The number of esters is 2. The van der Waals surface area contributed by atoms with Crippen LogP contribution in [0.15, 0.2) is 48.5 Å². The zero-order chi connectivity index (χ0) is 20.7. The van der Waals surface area contributed by atoms with Crippen LogP contribution in [0.5, 0.6) is 0 Å². The number of amides is 1. The molecule has 146 valence electrons. The van der Waals surface area contributed by atoms with Crippen LogP contribution in [0.4, 0.5) is 5.69 Å². The third-order valence-electron chi connectivity index (χ3n) is 3.93. The van der Waals surface area contributed by atoms with Crippen LogP contribution >= 0.6 is 11.6 Å². The van der Waals surface area contributed by atoms with Gasteiger partial charge in [-0.2, -0.15) is 0 Å². The van der Waals surface area contributed by atoms with E-state index in [1.54, 1.807) is 49.4 Å². The van der Waals surface area contributed by atoms with Gasteiger partial charge in [0, 0.05) is 16.8 Å². The Hall–Kier alpha value is -3.12. The smallest absolute Gasteiger partial charge is 0.337 e. The second-order valence-corrected chi connectivity index (χ2v) is 6.33. The van der Waals surface area contributed by atoms with Gasteiger partial charge in [-0.05, 0) is 55.3 Å². The number of hydrogen-bond donors (Lipinski definition) is 1. The van der Waals surface area contributed by atoms with Gasteiger partial charge in [0.1, 0.15) is 0 Å². The number of hydrogen-bond acceptors (Lipinski definition) is 5. The molecule has 2 aromatic rings. The van der Waals surface area contributed by atoms with Gasteiger partial charge >= 0.3 is 11.9 Å². The number of nitrogens with one attached hydrogen (secondary N) is 1. The minimum absolute atomic E-state index is 0.406. The first-order chi connectivity index (χ1) is 13.3. The van der Waals surface area contributed by atoms with E-state index in [1.165, 1.54) is 26.2 Å². The maximum Gasteiger partial charge on any atom is 0.337 e. The lowest BCUT2D eigenvalue weighted by Crippen LogP contribution is -2.29. The number of methoxy groups -OCH3 is 1. The molecule has 0 heterocycles. The van der Waals surface area contributed by atoms with Crippen LogP contribution < -0.4 is 5.32 Å². The lowest BCUT2D eigenvalue weighted by Gasteiger charge is -2.14. The third kappa shape index (κ3) is 5.69. The fraction of sp³-hybridized carbons (Fsp3) is 0.190. The Balaban J connectivity index is 1.92. The number of ether oxygens (including phenoxy) is 2. The maximum atomic E-state index is 12.2. The Labute approximate surface area is 168 Å². The normalized spacial score (nSPS) is 11.7. The highest BCUT2D eigenvalue weighted by Crippen LogP contribution is 2.23. The zero-order valence-electron chi connectivity index (χ0n) is 15.7. The molecule has 6 nitrogen and oxygen atoms in total. The summed E-state index contributed by atoms with van der Waals surface area (Å²) in [4.78, 5) is 35.5. The van der Waals surface area contributed by atoms with E-state index in [0.717, 1.165) is 5.56 Å². The molecule has 28 heavy (non-hydrogen) atoms. The van der Waals surface area contributed by atoms with Crippen molar-refractivity contribution >= 4 is 41.2 Å². The fourth-order valence-corrected chi connectivity index (χ4v) is 2.43. The number of carbonyl (C=O) groups excluding carboxylic acids is 3. The first-order valence-electron chi connectivity index (χ1n) is 8.45. The van der Waals surface area contributed by atoms with Crippen molar-refractivity contribution in [1.29, 1.82) is 0 Å². The molecule has 0 spiro atoms. The maximum absolute atomic E-state index is 12.2. The van der Waals surface area contributed by atoms with E-state index in [0.29, 0.717) is 21.8 Å². The van der Waals surface area contributed by atoms with Crippen LogP contribution in [0.2, 0.25) is 5.02 Å². The van der Waals surface area contributed by atoms with Gasteiger partial charge in [-0.3, -0.25) is 4.79 Å². The monoisotopic (exact) mass is 401 g/mol. The zero-order valence-corrected chi connectivity index (χ0v) is 16.4. The van der Waals surface area contributed by atoms with E-state index in [4.69, 9.17) is 16.3 Å². The summed E-state index contributed by atoms with van der Waals surface area (Å²) in [6.07, 6.45) is 1.74. The van der Waals surface area contributed by atoms with Gasteiger partial charge in [0.25, 0.3) is 5.91 Å². The summed E-state index contributed by atoms with van der Waals surface area (Å²) in [7, 11) is 1.30. The van der Waals surface area contributed by atoms with Crippen LogP contribution in [0.25, 0.3) is 6.08 Å². The molecule has 1 N–H and O–H groups in total. The van der Waals surface area contributed by atoms with Gasteiger partial charge in [-0.15, -0.1) is 0 Å². The summed E-state index contributed by atoms with van der Waals surface area (Å²) in [5.74, 6) is -1.57. The van der Waals surface area contributed by atoms with Crippen LogP contribution in [-0.4, -0.2) is 31.1 Å². The van der Waals surface area contributed by atoms with Gasteiger partial charge in [-0.1, -0.05) is 29.8 Å². The van der Waals surface area contributed by atoms with Crippen LogP contribution in [0, 0.1) is 6.92 Å². The highest BCUT2D eigenvalue weighted by atomic mass is 35.5. The lowest BCUT2D eigenvalue weighted by molar-refractivity contribution is -0.148. The quantitative estimate of drug-likeness (QED) is 0.584. The van der Waals surface area contributed by atoms with Crippen molar-refractivity contribution in [2.24, 2.45) is 0 Å². The van der Waals surface area contributed by atoms with Crippen molar-refractivity contribution in [3.63, 3.8) is 0 Å². The van der Waals surface area contributed by atoms with E-state index < -0.39 is 23.9 Å². The molecule has 0 saturated carbocycles. The van der Waals surface area contributed by atoms with Crippen molar-refractivity contribution in [3.8, 4) is 0 Å². The van der Waals surface area contributed by atoms with Gasteiger partial charge in [0.05, 0.1) is 12.7 Å². The third-order valence-corrected chi connectivity index (χ3v) is 4.34. The predicted octanol–water partition coefficient (Wildman–Crippen LogP) is 4.02. The molecule has 0 radical (unpaired) electrons. The Morgan fingerprint density at radius 1 is 1.11 bits per heavy atom. The molecule has 0 fully saturated rings. The van der Waals surface area contributed by atoms with E-state index in [1.807, 2.05) is 0 Å². The Bertz CT molecular complexity index is 906. The minimum atomic E-state index is -0.989. The Morgan fingerprint density at radius 3 is 2.43 bits per heavy atom. The Morgan fingerprint density at radius 2 is 1.79 bits per heavy atom. The van der Waals surface area contributed by atoms with E-state index >= 15 is 0 Å². The second kappa shape index (κ2) is 9.71. The molecule has 0 aromatic heterocycles. The van der Waals surface area contributed by atoms with Crippen LogP contribution in [-0.2, 0) is 19.1 Å². The molecule has 0 bridgehead atoms. The van der Waals surface area contributed by atoms with Crippen molar-refractivity contribution < 1.29 is 23.9 Å². The predicted molar refractivity (Wildman–Crippen MR) is 107 cm³/mol. The molecular formula is C21H20ClNO5. The number of anilines is 1. The largest absolute Gasteiger partial charge is 0.465 e. The molecule has 0 saturated heterocycles. The molecule has 7 heteroatoms. The molecule has 1 atom stereocenters. The van der Waals surface area contributed by atoms with Gasteiger partial charge in [0.15, 0.2) is 6.10 Å². The second-order valence-electron chi connectivity index (χ2n) is 5.93. The van der Waals surface area contributed by atoms with Crippen LogP contribution in [0.1, 0.15) is 28.4 Å². The highest BCUT2D eigenvalue weighted by Gasteiger charge is 2.17. The van der Waals surface area contributed by atoms with Crippen molar-refractivity contribution in [3.05, 3.63) is 70.3 Å². The first kappa shape index (κ1) is 21.2. The SMILES string of the molecule is COC(=O)c1ccc(/C=C/C(=O)O[C@H](C)C(=O)Nc2cccc(Cl)c2C)cc1. The van der Waals surface area contributed by atoms with Gasteiger partial charge < -0.3 is 14.8 Å². The summed E-state index contributed by atoms with van der Waals surface area (Å²) in [6, 6.07) is 11.6. The molecule has 0 aliphatic heterocycles. The molecule has 0 unspecified atom stereocenters. The van der Waals surface area contributed by atoms with E-state index in [9.17, 15) is 14.4 Å².